The van der Waals surface area contributed by atoms with Crippen LogP contribution in [0.4, 0.5) is 10.1 Å². The number of nitrogens with two attached hydrogens (primary N) is 1. The Kier molecular flexibility index (Phi) is 4.22. The van der Waals surface area contributed by atoms with Gasteiger partial charge >= 0.3 is 0 Å². The molecule has 110 valence electrons. The van der Waals surface area contributed by atoms with Crippen LogP contribution in [0, 0.1) is 5.82 Å². The molecule has 2 nitrogen and oxygen atoms in total. The first-order valence-corrected chi connectivity index (χ1v) is 8.41. The Bertz CT molecular complexity index is 468. The first kappa shape index (κ1) is 14.2. The van der Waals surface area contributed by atoms with E-state index in [2.05, 4.69) is 0 Å². The van der Waals surface area contributed by atoms with Crippen molar-refractivity contribution in [2.45, 2.75) is 60.7 Å². The smallest absolute Gasteiger partial charge is 0.125 e. The highest BCUT2D eigenvalue weighted by Gasteiger charge is 2.38. The molecule has 0 aromatic heterocycles. The van der Waals surface area contributed by atoms with Crippen molar-refractivity contribution in [1.29, 1.82) is 0 Å². The molecule has 2 aliphatic rings. The van der Waals surface area contributed by atoms with Gasteiger partial charge in [-0.15, -0.1) is 11.8 Å². The van der Waals surface area contributed by atoms with Crippen LogP contribution >= 0.6 is 11.8 Å². The van der Waals surface area contributed by atoms with Crippen molar-refractivity contribution < 1.29 is 9.13 Å². The lowest BCUT2D eigenvalue weighted by atomic mass is 9.80. The highest BCUT2D eigenvalue weighted by atomic mass is 32.2. The average Bonchev–Trinajstić information content (AvgIpc) is 2.43. The quantitative estimate of drug-likeness (QED) is 0.822. The van der Waals surface area contributed by atoms with Gasteiger partial charge in [-0.05, 0) is 43.9 Å². The summed E-state index contributed by atoms with van der Waals surface area (Å²) < 4.78 is 19.2. The maximum Gasteiger partial charge on any atom is 0.125 e. The van der Waals surface area contributed by atoms with E-state index in [1.165, 1.54) is 44.2 Å². The van der Waals surface area contributed by atoms with Crippen molar-refractivity contribution in [2.75, 3.05) is 12.3 Å². The predicted molar refractivity (Wildman–Crippen MR) is 81.5 cm³/mol. The standard InChI is InChI=1S/C16H22FNOS/c17-12-4-5-15(14(18)10-12)20-13-6-9-19-16(11-13)7-2-1-3-8-16/h4-5,10,13H,1-3,6-9,11,18H2. The molecule has 2 fully saturated rings. The molecule has 1 heterocycles. The van der Waals surface area contributed by atoms with Gasteiger partial charge in [-0.25, -0.2) is 4.39 Å². The summed E-state index contributed by atoms with van der Waals surface area (Å²) in [6, 6.07) is 4.71. The van der Waals surface area contributed by atoms with Crippen molar-refractivity contribution in [3.05, 3.63) is 24.0 Å². The molecule has 2 N–H and O–H groups in total. The minimum absolute atomic E-state index is 0.114. The van der Waals surface area contributed by atoms with Gasteiger partial charge in [0.25, 0.3) is 0 Å². The normalized spacial score (nSPS) is 25.8. The topological polar surface area (TPSA) is 35.2 Å². The Labute approximate surface area is 124 Å². The molecule has 0 bridgehead atoms. The fourth-order valence-corrected chi connectivity index (χ4v) is 4.74. The van der Waals surface area contributed by atoms with Crippen LogP contribution in [0.5, 0.6) is 0 Å². The molecule has 1 aliphatic carbocycles. The van der Waals surface area contributed by atoms with Crippen LogP contribution < -0.4 is 5.73 Å². The summed E-state index contributed by atoms with van der Waals surface area (Å²) in [5, 5.41) is 0.537. The van der Waals surface area contributed by atoms with Crippen molar-refractivity contribution in [1.82, 2.24) is 0 Å². The van der Waals surface area contributed by atoms with E-state index in [0.717, 1.165) is 24.3 Å². The van der Waals surface area contributed by atoms with Crippen LogP contribution in [-0.4, -0.2) is 17.5 Å². The lowest BCUT2D eigenvalue weighted by molar-refractivity contribution is -0.0970. The van der Waals surface area contributed by atoms with Gasteiger partial charge < -0.3 is 10.5 Å². The Morgan fingerprint density at radius 1 is 1.25 bits per heavy atom. The molecular weight excluding hydrogens is 273 g/mol. The van der Waals surface area contributed by atoms with E-state index in [0.29, 0.717) is 10.9 Å². The minimum atomic E-state index is -0.262. The molecule has 1 atom stereocenters. The Hall–Kier alpha value is -0.740. The first-order valence-electron chi connectivity index (χ1n) is 7.53. The molecule has 3 rings (SSSR count). The fraction of sp³-hybridized carbons (Fsp3) is 0.625. The molecule has 20 heavy (non-hydrogen) atoms. The largest absolute Gasteiger partial charge is 0.398 e. The minimum Gasteiger partial charge on any atom is -0.398 e. The molecule has 1 unspecified atom stereocenters. The number of nitrogen functional groups attached to an aromatic ring is 1. The summed E-state index contributed by atoms with van der Waals surface area (Å²) in [6.07, 6.45) is 8.48. The van der Waals surface area contributed by atoms with E-state index in [1.807, 2.05) is 0 Å². The Morgan fingerprint density at radius 3 is 2.80 bits per heavy atom. The first-order chi connectivity index (χ1) is 9.67. The zero-order valence-corrected chi connectivity index (χ0v) is 12.6. The van der Waals surface area contributed by atoms with Gasteiger partial charge in [0.15, 0.2) is 0 Å². The summed E-state index contributed by atoms with van der Waals surface area (Å²) in [5.41, 5.74) is 6.59. The van der Waals surface area contributed by atoms with Gasteiger partial charge in [0.05, 0.1) is 5.60 Å². The third-order valence-corrected chi connectivity index (χ3v) is 5.84. The van der Waals surface area contributed by atoms with Gasteiger partial charge in [0.1, 0.15) is 5.82 Å². The molecule has 1 aliphatic heterocycles. The maximum absolute atomic E-state index is 13.1. The summed E-state index contributed by atoms with van der Waals surface area (Å²) >= 11 is 1.80. The maximum atomic E-state index is 13.1. The number of anilines is 1. The average molecular weight is 295 g/mol. The lowest BCUT2D eigenvalue weighted by Crippen LogP contribution is -2.42. The van der Waals surface area contributed by atoms with Crippen LogP contribution in [0.25, 0.3) is 0 Å². The number of thioether (sulfide) groups is 1. The van der Waals surface area contributed by atoms with Crippen LogP contribution in [0.2, 0.25) is 0 Å². The summed E-state index contributed by atoms with van der Waals surface area (Å²) in [4.78, 5) is 1.00. The van der Waals surface area contributed by atoms with Crippen molar-refractivity contribution >= 4 is 17.4 Å². The molecule has 0 amide bonds. The summed E-state index contributed by atoms with van der Waals surface area (Å²) in [7, 11) is 0. The number of rotatable bonds is 2. The highest BCUT2D eigenvalue weighted by molar-refractivity contribution is 8.00. The molecule has 1 aromatic rings. The lowest BCUT2D eigenvalue weighted by Gasteiger charge is -2.43. The molecule has 4 heteroatoms. The monoisotopic (exact) mass is 295 g/mol. The molecule has 1 aromatic carbocycles. The second kappa shape index (κ2) is 5.94. The third kappa shape index (κ3) is 3.12. The third-order valence-electron chi connectivity index (χ3n) is 4.48. The molecule has 1 spiro atoms. The van der Waals surface area contributed by atoms with Gasteiger partial charge in [-0.2, -0.15) is 0 Å². The number of ether oxygens (including phenoxy) is 1. The molecule has 1 saturated carbocycles. The van der Waals surface area contributed by atoms with Crippen LogP contribution in [0.1, 0.15) is 44.9 Å². The zero-order valence-electron chi connectivity index (χ0n) is 11.7. The second-order valence-electron chi connectivity index (χ2n) is 6.01. The van der Waals surface area contributed by atoms with E-state index in [-0.39, 0.29) is 11.4 Å². The van der Waals surface area contributed by atoms with Crippen LogP contribution in [0.3, 0.4) is 0 Å². The van der Waals surface area contributed by atoms with Gasteiger partial charge in [0.2, 0.25) is 0 Å². The van der Waals surface area contributed by atoms with Crippen LogP contribution in [0.15, 0.2) is 23.1 Å². The number of hydrogen-bond donors (Lipinski definition) is 1. The van der Waals surface area contributed by atoms with Gasteiger partial charge in [-0.1, -0.05) is 19.3 Å². The van der Waals surface area contributed by atoms with Crippen LogP contribution in [-0.2, 0) is 4.74 Å². The Balaban J connectivity index is 1.68. The van der Waals surface area contributed by atoms with Gasteiger partial charge in [-0.3, -0.25) is 0 Å². The van der Waals surface area contributed by atoms with E-state index in [1.54, 1.807) is 17.8 Å². The predicted octanol–water partition coefficient (Wildman–Crippen LogP) is 4.38. The molecule has 0 radical (unpaired) electrons. The molecular formula is C16H22FNOS. The zero-order chi connectivity index (χ0) is 14.0. The highest BCUT2D eigenvalue weighted by Crippen LogP contribution is 2.44. The second-order valence-corrected chi connectivity index (χ2v) is 7.35. The van der Waals surface area contributed by atoms with E-state index < -0.39 is 0 Å². The number of benzene rings is 1. The van der Waals surface area contributed by atoms with E-state index >= 15 is 0 Å². The summed E-state index contributed by atoms with van der Waals surface area (Å²) in [6.45, 7) is 0.846. The number of halogens is 1. The van der Waals surface area contributed by atoms with E-state index in [4.69, 9.17) is 10.5 Å². The van der Waals surface area contributed by atoms with Crippen molar-refractivity contribution in [2.24, 2.45) is 0 Å². The fourth-order valence-electron chi connectivity index (χ4n) is 3.43. The van der Waals surface area contributed by atoms with E-state index in [9.17, 15) is 4.39 Å². The Morgan fingerprint density at radius 2 is 2.05 bits per heavy atom. The van der Waals surface area contributed by atoms with Gasteiger partial charge in [0, 0.05) is 22.4 Å². The number of hydrogen-bond acceptors (Lipinski definition) is 3. The van der Waals surface area contributed by atoms with Crippen molar-refractivity contribution in [3.63, 3.8) is 0 Å². The molecule has 1 saturated heterocycles. The SMILES string of the molecule is Nc1cc(F)ccc1SC1CCOC2(CCCCC2)C1. The van der Waals surface area contributed by atoms with Crippen molar-refractivity contribution in [3.8, 4) is 0 Å². The summed E-state index contributed by atoms with van der Waals surface area (Å²) in [5.74, 6) is -0.262.